The van der Waals surface area contributed by atoms with Crippen molar-refractivity contribution in [1.82, 2.24) is 0 Å². The van der Waals surface area contributed by atoms with Gasteiger partial charge in [0.1, 0.15) is 19.8 Å². The van der Waals surface area contributed by atoms with Crippen molar-refractivity contribution in [3.63, 3.8) is 0 Å². The van der Waals surface area contributed by atoms with E-state index >= 15 is 0 Å². The number of ether oxygens (including phenoxy) is 2. The largest absolute Gasteiger partial charge is 0.756 e. The quantitative estimate of drug-likeness (QED) is 0.0196. The lowest BCUT2D eigenvalue weighted by atomic mass is 10.0. The van der Waals surface area contributed by atoms with E-state index in [1.54, 1.807) is 0 Å². The van der Waals surface area contributed by atoms with Crippen LogP contribution in [0.4, 0.5) is 0 Å². The van der Waals surface area contributed by atoms with Gasteiger partial charge in [-0.2, -0.15) is 0 Å². The van der Waals surface area contributed by atoms with Crippen molar-refractivity contribution in [2.75, 3.05) is 47.5 Å². The van der Waals surface area contributed by atoms with Crippen molar-refractivity contribution >= 4 is 19.8 Å². The van der Waals surface area contributed by atoms with Gasteiger partial charge in [-0.15, -0.1) is 6.58 Å². The lowest BCUT2D eigenvalue weighted by Crippen LogP contribution is -2.37. The average Bonchev–Trinajstić information content (AvgIpc) is 3.17. The number of nitrogens with zero attached hydrogens (tertiary/aromatic N) is 1. The second kappa shape index (κ2) is 41.1. The second-order valence-electron chi connectivity index (χ2n) is 17.9. The standard InChI is InChI=1S/C48H94NO8P/c1-6-8-10-12-14-16-18-20-22-23-24-25-27-29-31-33-35-37-39-41-48(51)57-46(45-56-58(52,53)55-43-42-49(3,4)5)44-54-47(50)40-38-36-34-32-30-28-26-21-19-17-15-13-11-9-7-2/h7,46H,2,6,8-45H2,1,3-5H3/t46-/m1/s1. The molecular formula is C48H94NO8P. The van der Waals surface area contributed by atoms with Gasteiger partial charge in [0.25, 0.3) is 7.82 Å². The van der Waals surface area contributed by atoms with Gasteiger partial charge in [-0.25, -0.2) is 0 Å². The number of hydrogen-bond donors (Lipinski definition) is 0. The molecule has 344 valence electrons. The van der Waals surface area contributed by atoms with Crippen LogP contribution in [-0.2, 0) is 32.7 Å². The number of allylic oxidation sites excluding steroid dienone is 1. The Hall–Kier alpha value is -1.25. The Balaban J connectivity index is 4.23. The molecular weight excluding hydrogens is 750 g/mol. The molecule has 0 aromatic heterocycles. The molecule has 0 aliphatic rings. The SMILES string of the molecule is C=CCCCCCCCCCCCCCCCC(=O)OC[C@H](COP(=O)([O-])OCC[N+](C)(C)C)OC(=O)CCCCCCCCCCCCCCCCCCCCC. The molecule has 0 N–H and O–H groups in total. The van der Waals surface area contributed by atoms with Gasteiger partial charge < -0.3 is 27.9 Å². The molecule has 0 bridgehead atoms. The van der Waals surface area contributed by atoms with Crippen LogP contribution in [0.1, 0.15) is 232 Å². The Kier molecular flexibility index (Phi) is 40.2. The summed E-state index contributed by atoms with van der Waals surface area (Å²) in [5.41, 5.74) is 0. The molecule has 0 aliphatic heterocycles. The summed E-state index contributed by atoms with van der Waals surface area (Å²) in [6.45, 7) is 5.79. The van der Waals surface area contributed by atoms with Crippen LogP contribution in [0, 0.1) is 0 Å². The van der Waals surface area contributed by atoms with Crippen molar-refractivity contribution in [3.8, 4) is 0 Å². The van der Waals surface area contributed by atoms with Crippen molar-refractivity contribution in [2.45, 2.75) is 238 Å². The minimum atomic E-state index is -4.62. The maximum atomic E-state index is 12.7. The molecule has 0 saturated carbocycles. The maximum absolute atomic E-state index is 12.7. The smallest absolute Gasteiger partial charge is 0.306 e. The molecule has 0 rings (SSSR count). The molecule has 58 heavy (non-hydrogen) atoms. The van der Waals surface area contributed by atoms with E-state index in [1.807, 2.05) is 27.2 Å². The molecule has 0 fully saturated rings. The monoisotopic (exact) mass is 844 g/mol. The highest BCUT2D eigenvalue weighted by molar-refractivity contribution is 7.45. The summed E-state index contributed by atoms with van der Waals surface area (Å²) < 4.78 is 34.0. The molecule has 0 radical (unpaired) electrons. The lowest BCUT2D eigenvalue weighted by Gasteiger charge is -2.28. The fraction of sp³-hybridized carbons (Fsp3) is 0.917. The summed E-state index contributed by atoms with van der Waals surface area (Å²) in [6, 6.07) is 0. The van der Waals surface area contributed by atoms with Crippen molar-refractivity contribution in [3.05, 3.63) is 12.7 Å². The van der Waals surface area contributed by atoms with Crippen LogP contribution >= 0.6 is 7.82 Å². The van der Waals surface area contributed by atoms with E-state index < -0.39 is 26.5 Å². The molecule has 0 aliphatic carbocycles. The Morgan fingerprint density at radius 1 is 0.552 bits per heavy atom. The Labute approximate surface area is 358 Å². The Morgan fingerprint density at radius 3 is 1.29 bits per heavy atom. The molecule has 0 amide bonds. The summed E-state index contributed by atoms with van der Waals surface area (Å²) in [5.74, 6) is -0.823. The normalized spacial score (nSPS) is 13.3. The van der Waals surface area contributed by atoms with Crippen LogP contribution in [0.2, 0.25) is 0 Å². The summed E-state index contributed by atoms with van der Waals surface area (Å²) in [5, 5.41) is 0. The highest BCUT2D eigenvalue weighted by Gasteiger charge is 2.21. The van der Waals surface area contributed by atoms with Gasteiger partial charge in [0.15, 0.2) is 6.10 Å². The zero-order chi connectivity index (χ0) is 42.8. The molecule has 0 saturated heterocycles. The van der Waals surface area contributed by atoms with Crippen LogP contribution in [0.5, 0.6) is 0 Å². The number of phosphoric ester groups is 1. The molecule has 0 spiro atoms. The molecule has 2 atom stereocenters. The number of hydrogen-bond acceptors (Lipinski definition) is 8. The van der Waals surface area contributed by atoms with Crippen LogP contribution in [-0.4, -0.2) is 70.0 Å². The van der Waals surface area contributed by atoms with Gasteiger partial charge >= 0.3 is 11.9 Å². The number of quaternary nitrogens is 1. The number of carbonyl (C=O) groups excluding carboxylic acids is 2. The number of likely N-dealkylation sites (N-methyl/N-ethyl adjacent to an activating group) is 1. The van der Waals surface area contributed by atoms with Crippen LogP contribution in [0.3, 0.4) is 0 Å². The van der Waals surface area contributed by atoms with Gasteiger partial charge in [0.05, 0.1) is 27.7 Å². The third kappa shape index (κ3) is 44.3. The van der Waals surface area contributed by atoms with Gasteiger partial charge in [0, 0.05) is 12.8 Å². The average molecular weight is 844 g/mol. The van der Waals surface area contributed by atoms with Crippen molar-refractivity contribution in [1.29, 1.82) is 0 Å². The van der Waals surface area contributed by atoms with Gasteiger partial charge in [-0.3, -0.25) is 14.2 Å². The molecule has 0 aromatic carbocycles. The zero-order valence-electron chi connectivity index (χ0n) is 38.6. The fourth-order valence-electron chi connectivity index (χ4n) is 7.11. The molecule has 9 nitrogen and oxygen atoms in total. The second-order valence-corrected chi connectivity index (χ2v) is 19.3. The summed E-state index contributed by atoms with van der Waals surface area (Å²) in [4.78, 5) is 37.6. The first-order valence-electron chi connectivity index (χ1n) is 24.4. The van der Waals surface area contributed by atoms with E-state index in [9.17, 15) is 19.0 Å². The number of phosphoric acid groups is 1. The van der Waals surface area contributed by atoms with Crippen LogP contribution < -0.4 is 4.89 Å². The number of rotatable bonds is 46. The molecule has 10 heteroatoms. The first-order chi connectivity index (χ1) is 28.0. The fourth-order valence-corrected chi connectivity index (χ4v) is 7.84. The predicted molar refractivity (Wildman–Crippen MR) is 241 cm³/mol. The van der Waals surface area contributed by atoms with E-state index in [0.717, 1.165) is 38.5 Å². The van der Waals surface area contributed by atoms with E-state index in [2.05, 4.69) is 13.5 Å². The predicted octanol–water partition coefficient (Wildman–Crippen LogP) is 13.5. The summed E-state index contributed by atoms with van der Waals surface area (Å²) in [6.07, 6.45) is 42.7. The Bertz CT molecular complexity index is 987. The number of carbonyl (C=O) groups is 2. The maximum Gasteiger partial charge on any atom is 0.306 e. The highest BCUT2D eigenvalue weighted by Crippen LogP contribution is 2.38. The van der Waals surface area contributed by atoms with Gasteiger partial charge in [-0.1, -0.05) is 199 Å². The zero-order valence-corrected chi connectivity index (χ0v) is 39.5. The van der Waals surface area contributed by atoms with Gasteiger partial charge in [-0.05, 0) is 25.7 Å². The van der Waals surface area contributed by atoms with Gasteiger partial charge in [0.2, 0.25) is 0 Å². The summed E-state index contributed by atoms with van der Waals surface area (Å²) >= 11 is 0. The number of unbranched alkanes of at least 4 members (excludes halogenated alkanes) is 31. The first-order valence-corrected chi connectivity index (χ1v) is 25.8. The van der Waals surface area contributed by atoms with E-state index in [0.29, 0.717) is 17.4 Å². The topological polar surface area (TPSA) is 111 Å². The van der Waals surface area contributed by atoms with Crippen molar-refractivity contribution in [2.24, 2.45) is 0 Å². The minimum absolute atomic E-state index is 0.0277. The number of esters is 2. The van der Waals surface area contributed by atoms with E-state index in [-0.39, 0.29) is 32.0 Å². The Morgan fingerprint density at radius 2 is 0.914 bits per heavy atom. The van der Waals surface area contributed by atoms with Crippen LogP contribution in [0.25, 0.3) is 0 Å². The third-order valence-electron chi connectivity index (χ3n) is 10.9. The van der Waals surface area contributed by atoms with Crippen molar-refractivity contribution < 1.29 is 42.1 Å². The van der Waals surface area contributed by atoms with Crippen LogP contribution in [0.15, 0.2) is 12.7 Å². The van der Waals surface area contributed by atoms with E-state index in [4.69, 9.17) is 18.5 Å². The minimum Gasteiger partial charge on any atom is -0.756 e. The molecule has 0 heterocycles. The lowest BCUT2D eigenvalue weighted by molar-refractivity contribution is -0.870. The van der Waals surface area contributed by atoms with E-state index in [1.165, 1.54) is 167 Å². The molecule has 1 unspecified atom stereocenters. The summed E-state index contributed by atoms with van der Waals surface area (Å²) in [7, 11) is 1.18. The highest BCUT2D eigenvalue weighted by atomic mass is 31.2. The third-order valence-corrected chi connectivity index (χ3v) is 11.9. The molecule has 0 aromatic rings. The first kappa shape index (κ1) is 56.8.